The van der Waals surface area contributed by atoms with Crippen LogP contribution in [0.3, 0.4) is 0 Å². The number of phenolic OH excluding ortho intramolecular Hbond substituents is 2. The van der Waals surface area contributed by atoms with Gasteiger partial charge in [0.15, 0.2) is 17.2 Å². The quantitative estimate of drug-likeness (QED) is 0.648. The van der Waals surface area contributed by atoms with Crippen molar-refractivity contribution in [2.75, 3.05) is 7.11 Å². The number of aliphatic imine (C=N–C) groups is 1. The summed E-state index contributed by atoms with van der Waals surface area (Å²) in [5, 5.41) is 20.6. The van der Waals surface area contributed by atoms with Crippen molar-refractivity contribution >= 4 is 39.4 Å². The third kappa shape index (κ3) is 4.02. The van der Waals surface area contributed by atoms with Crippen LogP contribution in [-0.4, -0.2) is 23.5 Å². The molecule has 2 N–H and O–H groups in total. The molecule has 0 aliphatic heterocycles. The lowest BCUT2D eigenvalue weighted by molar-refractivity contribution is 0.373. The Hall–Kier alpha value is -1.72. The Morgan fingerprint density at radius 3 is 2.38 bits per heavy atom. The average Bonchev–Trinajstić information content (AvgIpc) is 2.50. The van der Waals surface area contributed by atoms with Gasteiger partial charge in [0.1, 0.15) is 5.69 Å². The van der Waals surface area contributed by atoms with E-state index in [2.05, 4.69) is 20.9 Å². The van der Waals surface area contributed by atoms with Crippen LogP contribution in [0.4, 0.5) is 5.69 Å². The molecule has 0 amide bonds. The third-order valence-corrected chi connectivity index (χ3v) is 4.29. The molecule has 0 aliphatic carbocycles. The van der Waals surface area contributed by atoms with Crippen molar-refractivity contribution in [2.24, 2.45) is 4.99 Å². The Morgan fingerprint density at radius 1 is 1.12 bits per heavy atom. The number of hydrogen-bond acceptors (Lipinski definition) is 4. The largest absolute Gasteiger partial charge is 0.504 e. The van der Waals surface area contributed by atoms with Gasteiger partial charge in [0.25, 0.3) is 0 Å². The van der Waals surface area contributed by atoms with Crippen molar-refractivity contribution in [3.05, 3.63) is 44.9 Å². The fraction of sp³-hybridized carbons (Fsp3) is 0.278. The van der Waals surface area contributed by atoms with Crippen molar-refractivity contribution in [3.8, 4) is 17.2 Å². The SMILES string of the molecule is COc1cc(Br)cc(C=Nc2cc(C(C)(C)C)cc(Cl)c2O)c1O. The van der Waals surface area contributed by atoms with E-state index < -0.39 is 0 Å². The maximum absolute atomic E-state index is 10.2. The summed E-state index contributed by atoms with van der Waals surface area (Å²) in [4.78, 5) is 4.29. The first kappa shape index (κ1) is 18.6. The Bertz CT molecular complexity index is 798. The first-order valence-electron chi connectivity index (χ1n) is 7.27. The number of nitrogens with zero attached hydrogens (tertiary/aromatic N) is 1. The Morgan fingerprint density at radius 2 is 1.79 bits per heavy atom. The molecule has 2 aromatic rings. The van der Waals surface area contributed by atoms with Gasteiger partial charge in [0.05, 0.1) is 12.1 Å². The molecule has 0 atom stereocenters. The molecule has 0 bridgehead atoms. The van der Waals surface area contributed by atoms with E-state index in [9.17, 15) is 10.2 Å². The van der Waals surface area contributed by atoms with Gasteiger partial charge in [-0.2, -0.15) is 0 Å². The minimum absolute atomic E-state index is 0.0259. The summed E-state index contributed by atoms with van der Waals surface area (Å²) in [6.07, 6.45) is 1.46. The van der Waals surface area contributed by atoms with Crippen LogP contribution in [0.25, 0.3) is 0 Å². The van der Waals surface area contributed by atoms with E-state index in [4.69, 9.17) is 16.3 Å². The number of halogens is 2. The fourth-order valence-electron chi connectivity index (χ4n) is 2.10. The highest BCUT2D eigenvalue weighted by Gasteiger charge is 2.18. The van der Waals surface area contributed by atoms with Crippen LogP contribution in [0.15, 0.2) is 33.7 Å². The van der Waals surface area contributed by atoms with Gasteiger partial charge in [0, 0.05) is 16.3 Å². The van der Waals surface area contributed by atoms with Gasteiger partial charge in [-0.25, -0.2) is 0 Å². The molecule has 0 unspecified atom stereocenters. The number of methoxy groups -OCH3 is 1. The number of hydrogen-bond donors (Lipinski definition) is 2. The van der Waals surface area contributed by atoms with Crippen LogP contribution in [0.5, 0.6) is 17.2 Å². The number of phenols is 2. The van der Waals surface area contributed by atoms with Crippen molar-refractivity contribution in [1.82, 2.24) is 0 Å². The molecule has 2 rings (SSSR count). The van der Waals surface area contributed by atoms with E-state index in [1.54, 1.807) is 24.3 Å². The van der Waals surface area contributed by atoms with Gasteiger partial charge in [0.2, 0.25) is 0 Å². The molecule has 0 saturated carbocycles. The summed E-state index contributed by atoms with van der Waals surface area (Å²) in [5.74, 6) is 0.209. The summed E-state index contributed by atoms with van der Waals surface area (Å²) in [6.45, 7) is 6.15. The predicted octanol–water partition coefficient (Wildman–Crippen LogP) is 5.57. The molecule has 0 aliphatic rings. The van der Waals surface area contributed by atoms with Crippen LogP contribution in [-0.2, 0) is 5.41 Å². The molecule has 0 heterocycles. The molecule has 0 saturated heterocycles. The van der Waals surface area contributed by atoms with E-state index >= 15 is 0 Å². The highest BCUT2D eigenvalue weighted by atomic mass is 79.9. The van der Waals surface area contributed by atoms with Crippen molar-refractivity contribution in [3.63, 3.8) is 0 Å². The van der Waals surface area contributed by atoms with Crippen molar-refractivity contribution < 1.29 is 14.9 Å². The minimum Gasteiger partial charge on any atom is -0.504 e. The summed E-state index contributed by atoms with van der Waals surface area (Å²) < 4.78 is 5.85. The highest BCUT2D eigenvalue weighted by Crippen LogP contribution is 2.39. The molecule has 2 aromatic carbocycles. The third-order valence-electron chi connectivity index (χ3n) is 3.54. The first-order valence-corrected chi connectivity index (χ1v) is 8.44. The predicted molar refractivity (Wildman–Crippen MR) is 101 cm³/mol. The smallest absolute Gasteiger partial charge is 0.166 e. The maximum Gasteiger partial charge on any atom is 0.166 e. The van der Waals surface area contributed by atoms with Gasteiger partial charge in [-0.3, -0.25) is 4.99 Å². The van der Waals surface area contributed by atoms with Gasteiger partial charge in [-0.15, -0.1) is 0 Å². The van der Waals surface area contributed by atoms with Gasteiger partial charge in [-0.1, -0.05) is 48.3 Å². The lowest BCUT2D eigenvalue weighted by atomic mass is 9.87. The maximum atomic E-state index is 10.2. The zero-order chi connectivity index (χ0) is 18.1. The Balaban J connectivity index is 2.50. The minimum atomic E-state index is -0.136. The molecule has 0 spiro atoms. The molecule has 6 heteroatoms. The van der Waals surface area contributed by atoms with Gasteiger partial charge >= 0.3 is 0 Å². The van der Waals surface area contributed by atoms with E-state index in [1.165, 1.54) is 13.3 Å². The molecule has 0 aromatic heterocycles. The zero-order valence-corrected chi connectivity index (χ0v) is 16.2. The second kappa shape index (κ2) is 7.03. The van der Waals surface area contributed by atoms with Crippen LogP contribution < -0.4 is 4.74 Å². The molecule has 4 nitrogen and oxygen atoms in total. The van der Waals surface area contributed by atoms with Crippen LogP contribution in [0.2, 0.25) is 5.02 Å². The molecule has 0 radical (unpaired) electrons. The zero-order valence-electron chi connectivity index (χ0n) is 13.9. The van der Waals surface area contributed by atoms with Gasteiger partial charge in [-0.05, 0) is 35.2 Å². The molecule has 128 valence electrons. The number of benzene rings is 2. The normalized spacial score (nSPS) is 11.9. The number of aromatic hydroxyl groups is 2. The summed E-state index contributed by atoms with van der Waals surface area (Å²) in [6, 6.07) is 6.87. The number of rotatable bonds is 3. The lowest BCUT2D eigenvalue weighted by Gasteiger charge is -2.20. The summed E-state index contributed by atoms with van der Waals surface area (Å²) in [5.41, 5.74) is 1.61. The second-order valence-corrected chi connectivity index (χ2v) is 7.70. The summed E-state index contributed by atoms with van der Waals surface area (Å²) >= 11 is 9.46. The van der Waals surface area contributed by atoms with Gasteiger partial charge < -0.3 is 14.9 Å². The second-order valence-electron chi connectivity index (χ2n) is 6.38. The van der Waals surface area contributed by atoms with E-state index in [0.717, 1.165) is 10.0 Å². The van der Waals surface area contributed by atoms with E-state index in [-0.39, 0.29) is 21.9 Å². The van der Waals surface area contributed by atoms with E-state index in [1.807, 2.05) is 20.8 Å². The van der Waals surface area contributed by atoms with Crippen molar-refractivity contribution in [2.45, 2.75) is 26.2 Å². The van der Waals surface area contributed by atoms with Crippen molar-refractivity contribution in [1.29, 1.82) is 0 Å². The Labute approximate surface area is 154 Å². The first-order chi connectivity index (χ1) is 11.1. The van der Waals surface area contributed by atoms with Crippen LogP contribution in [0.1, 0.15) is 31.9 Å². The standard InChI is InChI=1S/C18H19BrClNO3/c1-18(2,3)11-6-13(20)17(23)14(7-11)21-9-10-5-12(19)8-15(24-4)16(10)22/h5-9,22-23H,1-4H3. The molecular formula is C18H19BrClNO3. The molecule has 24 heavy (non-hydrogen) atoms. The number of ether oxygens (including phenoxy) is 1. The molecular weight excluding hydrogens is 394 g/mol. The van der Waals surface area contributed by atoms with Crippen LogP contribution >= 0.6 is 27.5 Å². The topological polar surface area (TPSA) is 62.0 Å². The van der Waals surface area contributed by atoms with Crippen LogP contribution in [0, 0.1) is 0 Å². The average molecular weight is 413 g/mol. The lowest BCUT2D eigenvalue weighted by Crippen LogP contribution is -2.10. The summed E-state index contributed by atoms with van der Waals surface area (Å²) in [7, 11) is 1.47. The Kier molecular flexibility index (Phi) is 5.45. The highest BCUT2D eigenvalue weighted by molar-refractivity contribution is 9.10. The monoisotopic (exact) mass is 411 g/mol. The van der Waals surface area contributed by atoms with E-state index in [0.29, 0.717) is 17.0 Å². The fourth-order valence-corrected chi connectivity index (χ4v) is 2.77. The molecule has 0 fully saturated rings.